The second-order valence-corrected chi connectivity index (χ2v) is 7.57. The van der Waals surface area contributed by atoms with Crippen LogP contribution in [0.4, 0.5) is 5.69 Å². The van der Waals surface area contributed by atoms with E-state index < -0.39 is 0 Å². The minimum absolute atomic E-state index is 0.139. The fraction of sp³-hybridized carbons (Fsp3) is 0.263. The molecule has 0 saturated carbocycles. The maximum atomic E-state index is 13.3. The lowest BCUT2D eigenvalue weighted by Crippen LogP contribution is -2.48. The van der Waals surface area contributed by atoms with E-state index in [1.165, 1.54) is 0 Å². The molecule has 5 nitrogen and oxygen atoms in total. The first-order valence-corrected chi connectivity index (χ1v) is 9.09. The molecule has 0 spiro atoms. The van der Waals surface area contributed by atoms with Crippen LogP contribution in [0, 0.1) is 0 Å². The van der Waals surface area contributed by atoms with Crippen LogP contribution in [0.1, 0.15) is 16.1 Å². The lowest BCUT2D eigenvalue weighted by atomic mass is 9.97. The SMILES string of the molecule is CN(C)C1Cc2ccccc2N(C(=O)c2cn3cc(Cl)cc(Cl)c3n2)C1. The number of carbonyl (C=O) groups excluding carboxylic acids is 1. The van der Waals surface area contributed by atoms with Gasteiger partial charge in [0, 0.05) is 30.7 Å². The van der Waals surface area contributed by atoms with Crippen LogP contribution in [-0.2, 0) is 6.42 Å². The Bertz CT molecular complexity index is 998. The zero-order chi connectivity index (χ0) is 18.4. The second-order valence-electron chi connectivity index (χ2n) is 6.73. The molecule has 0 N–H and O–H groups in total. The van der Waals surface area contributed by atoms with Gasteiger partial charge in [-0.2, -0.15) is 0 Å². The molecule has 0 aliphatic carbocycles. The number of nitrogens with zero attached hydrogens (tertiary/aromatic N) is 4. The normalized spacial score (nSPS) is 17.0. The predicted molar refractivity (Wildman–Crippen MR) is 105 cm³/mol. The molecule has 134 valence electrons. The van der Waals surface area contributed by atoms with Crippen LogP contribution in [0.25, 0.3) is 5.65 Å². The summed E-state index contributed by atoms with van der Waals surface area (Å²) in [5, 5.41) is 0.914. The van der Waals surface area contributed by atoms with Crippen LogP contribution in [0.5, 0.6) is 0 Å². The van der Waals surface area contributed by atoms with Crippen molar-refractivity contribution < 1.29 is 4.79 Å². The van der Waals surface area contributed by atoms with Crippen molar-refractivity contribution in [2.45, 2.75) is 12.5 Å². The number of fused-ring (bicyclic) bond motifs is 2. The van der Waals surface area contributed by atoms with Gasteiger partial charge in [0.05, 0.1) is 10.0 Å². The molecule has 1 amide bonds. The second kappa shape index (κ2) is 6.58. The lowest BCUT2D eigenvalue weighted by molar-refractivity contribution is 0.0971. The summed E-state index contributed by atoms with van der Waals surface area (Å²) in [6.07, 6.45) is 4.29. The number of anilines is 1. The summed E-state index contributed by atoms with van der Waals surface area (Å²) < 4.78 is 1.69. The van der Waals surface area contributed by atoms with Crippen molar-refractivity contribution >= 4 is 40.4 Å². The van der Waals surface area contributed by atoms with E-state index in [2.05, 4.69) is 16.0 Å². The van der Waals surface area contributed by atoms with Crippen LogP contribution >= 0.6 is 23.2 Å². The number of amides is 1. The molecule has 2 aromatic heterocycles. The molecule has 3 heterocycles. The van der Waals surface area contributed by atoms with E-state index in [1.807, 2.05) is 32.3 Å². The fourth-order valence-electron chi connectivity index (χ4n) is 3.38. The first-order valence-electron chi connectivity index (χ1n) is 8.34. The van der Waals surface area contributed by atoms with Crippen molar-refractivity contribution in [3.05, 3.63) is 64.0 Å². The summed E-state index contributed by atoms with van der Waals surface area (Å²) in [7, 11) is 4.07. The Morgan fingerprint density at radius 3 is 2.77 bits per heavy atom. The van der Waals surface area contributed by atoms with Crippen LogP contribution in [0.2, 0.25) is 10.0 Å². The molecule has 0 saturated heterocycles. The van der Waals surface area contributed by atoms with Crippen LogP contribution in [-0.4, -0.2) is 46.9 Å². The molecule has 0 bridgehead atoms. The van der Waals surface area contributed by atoms with E-state index in [4.69, 9.17) is 23.2 Å². The van der Waals surface area contributed by atoms with Crippen molar-refractivity contribution in [2.75, 3.05) is 25.5 Å². The summed E-state index contributed by atoms with van der Waals surface area (Å²) in [5.74, 6) is -0.139. The van der Waals surface area contributed by atoms with Gasteiger partial charge >= 0.3 is 0 Å². The van der Waals surface area contributed by atoms with Crippen molar-refractivity contribution in [1.29, 1.82) is 0 Å². The van der Waals surface area contributed by atoms with Gasteiger partial charge in [0.1, 0.15) is 5.69 Å². The number of imidazole rings is 1. The highest BCUT2D eigenvalue weighted by Gasteiger charge is 2.31. The summed E-state index contributed by atoms with van der Waals surface area (Å²) in [4.78, 5) is 21.6. The Kier molecular flexibility index (Phi) is 4.39. The number of hydrogen-bond donors (Lipinski definition) is 0. The van der Waals surface area contributed by atoms with Gasteiger partial charge in [-0.3, -0.25) is 4.79 Å². The van der Waals surface area contributed by atoms with Crippen LogP contribution in [0.15, 0.2) is 42.7 Å². The van der Waals surface area contributed by atoms with Gasteiger partial charge in [0.2, 0.25) is 0 Å². The van der Waals surface area contributed by atoms with E-state index in [9.17, 15) is 4.79 Å². The maximum absolute atomic E-state index is 13.3. The quantitative estimate of drug-likeness (QED) is 0.670. The van der Waals surface area contributed by atoms with Gasteiger partial charge in [0.25, 0.3) is 5.91 Å². The molecule has 1 aliphatic heterocycles. The van der Waals surface area contributed by atoms with E-state index in [-0.39, 0.29) is 11.9 Å². The summed E-state index contributed by atoms with van der Waals surface area (Å²) in [6, 6.07) is 9.90. The zero-order valence-corrected chi connectivity index (χ0v) is 16.0. The van der Waals surface area contributed by atoms with Crippen LogP contribution < -0.4 is 4.90 Å². The number of halogens is 2. The third kappa shape index (κ3) is 2.96. The Hall–Kier alpha value is -2.08. The number of rotatable bonds is 2. The molecule has 7 heteroatoms. The average Bonchev–Trinajstić information content (AvgIpc) is 3.04. The molecular weight excluding hydrogens is 371 g/mol. The fourth-order valence-corrected chi connectivity index (χ4v) is 3.91. The standard InChI is InChI=1S/C19H18Cl2N4O/c1-23(2)14-7-12-5-3-4-6-17(12)25(10-14)19(26)16-11-24-9-13(20)8-15(21)18(24)22-16/h3-6,8-9,11,14H,7,10H2,1-2H3. The molecule has 4 rings (SSSR count). The molecule has 0 fully saturated rings. The molecule has 1 aromatic carbocycles. The first kappa shape index (κ1) is 17.3. The number of benzene rings is 1. The number of hydrogen-bond acceptors (Lipinski definition) is 3. The molecule has 0 radical (unpaired) electrons. The Morgan fingerprint density at radius 2 is 2.00 bits per heavy atom. The number of likely N-dealkylation sites (N-methyl/N-ethyl adjacent to an activating group) is 1. The van der Waals surface area contributed by atoms with Gasteiger partial charge in [-0.15, -0.1) is 0 Å². The molecule has 26 heavy (non-hydrogen) atoms. The number of pyridine rings is 1. The van der Waals surface area contributed by atoms with Crippen molar-refractivity contribution in [3.8, 4) is 0 Å². The van der Waals surface area contributed by atoms with Crippen molar-refractivity contribution in [2.24, 2.45) is 0 Å². The largest absolute Gasteiger partial charge is 0.305 e. The number of para-hydroxylation sites is 1. The maximum Gasteiger partial charge on any atom is 0.278 e. The Morgan fingerprint density at radius 1 is 1.23 bits per heavy atom. The monoisotopic (exact) mass is 388 g/mol. The zero-order valence-electron chi connectivity index (χ0n) is 14.5. The minimum Gasteiger partial charge on any atom is -0.305 e. The Labute approximate surface area is 161 Å². The number of carbonyl (C=O) groups is 1. The van der Waals surface area contributed by atoms with Crippen molar-refractivity contribution in [1.82, 2.24) is 14.3 Å². The van der Waals surface area contributed by atoms with E-state index in [1.54, 1.807) is 27.8 Å². The van der Waals surface area contributed by atoms with E-state index >= 15 is 0 Å². The smallest absolute Gasteiger partial charge is 0.278 e. The van der Waals surface area contributed by atoms with Gasteiger partial charge in [-0.1, -0.05) is 41.4 Å². The number of aromatic nitrogens is 2. The summed E-state index contributed by atoms with van der Waals surface area (Å²) in [5.41, 5.74) is 2.98. The molecular formula is C19H18Cl2N4O. The molecule has 1 atom stereocenters. The lowest BCUT2D eigenvalue weighted by Gasteiger charge is -2.37. The highest BCUT2D eigenvalue weighted by atomic mass is 35.5. The third-order valence-electron chi connectivity index (χ3n) is 4.80. The first-order chi connectivity index (χ1) is 12.4. The van der Waals surface area contributed by atoms with E-state index in [0.29, 0.717) is 27.9 Å². The Balaban J connectivity index is 1.76. The summed E-state index contributed by atoms with van der Waals surface area (Å²) >= 11 is 12.3. The molecule has 1 aliphatic rings. The van der Waals surface area contributed by atoms with Crippen LogP contribution in [0.3, 0.4) is 0 Å². The van der Waals surface area contributed by atoms with E-state index in [0.717, 1.165) is 17.7 Å². The summed E-state index contributed by atoms with van der Waals surface area (Å²) in [6.45, 7) is 0.616. The highest BCUT2D eigenvalue weighted by molar-refractivity contribution is 6.36. The highest BCUT2D eigenvalue weighted by Crippen LogP contribution is 2.30. The topological polar surface area (TPSA) is 40.9 Å². The molecule has 1 unspecified atom stereocenters. The predicted octanol–water partition coefficient (Wildman–Crippen LogP) is 3.77. The average molecular weight is 389 g/mol. The van der Waals surface area contributed by atoms with Gasteiger partial charge in [-0.05, 0) is 38.2 Å². The van der Waals surface area contributed by atoms with Gasteiger partial charge in [-0.25, -0.2) is 4.98 Å². The third-order valence-corrected chi connectivity index (χ3v) is 5.28. The minimum atomic E-state index is -0.139. The van der Waals surface area contributed by atoms with Gasteiger partial charge in [0.15, 0.2) is 5.65 Å². The molecule has 3 aromatic rings. The van der Waals surface area contributed by atoms with Crippen molar-refractivity contribution in [3.63, 3.8) is 0 Å². The van der Waals surface area contributed by atoms with Gasteiger partial charge < -0.3 is 14.2 Å².